The van der Waals surface area contributed by atoms with E-state index < -0.39 is 59.9 Å². The predicted octanol–water partition coefficient (Wildman–Crippen LogP) is 8.61. The minimum atomic E-state index is -5.07. The Bertz CT molecular complexity index is 1020. The maximum Gasteiger partial charge on any atom is 0.397 e. The third kappa shape index (κ3) is 27.7. The summed E-state index contributed by atoms with van der Waals surface area (Å²) in [7, 11) is -5.07. The Balaban J connectivity index is 2.40. The van der Waals surface area contributed by atoms with Gasteiger partial charge in [0.2, 0.25) is 5.91 Å². The Morgan fingerprint density at radius 1 is 0.643 bits per heavy atom. The molecule has 1 aliphatic rings. The lowest BCUT2D eigenvalue weighted by Crippen LogP contribution is -2.61. The fourth-order valence-electron chi connectivity index (χ4n) is 7.58. The van der Waals surface area contributed by atoms with Crippen LogP contribution < -0.4 is 5.32 Å². The first-order valence-electron chi connectivity index (χ1n) is 22.9. The predicted molar refractivity (Wildman–Crippen MR) is 223 cm³/mol. The third-order valence-corrected chi connectivity index (χ3v) is 11.6. The number of aliphatic hydroxyl groups excluding tert-OH is 4. The number of hydrogen-bond donors (Lipinski definition) is 6. The summed E-state index contributed by atoms with van der Waals surface area (Å²) in [5.74, 6) is -0.228. The van der Waals surface area contributed by atoms with Crippen LogP contribution in [0.4, 0.5) is 0 Å². The number of rotatable bonds is 39. The van der Waals surface area contributed by atoms with Crippen LogP contribution in [0, 0.1) is 0 Å². The average molecular weight is 824 g/mol. The highest BCUT2D eigenvalue weighted by Gasteiger charge is 2.48. The highest BCUT2D eigenvalue weighted by atomic mass is 32.3. The molecule has 13 heteroatoms. The zero-order valence-electron chi connectivity index (χ0n) is 35.5. The Labute approximate surface area is 341 Å². The molecule has 0 aromatic heterocycles. The molecule has 0 spiro atoms. The number of amides is 1. The topological polar surface area (TPSA) is 192 Å². The number of carbonyl (C=O) groups is 1. The van der Waals surface area contributed by atoms with Crippen LogP contribution in [-0.2, 0) is 28.9 Å². The number of hydrogen-bond acceptors (Lipinski definition) is 10. The molecule has 0 saturated carbocycles. The second-order valence-electron chi connectivity index (χ2n) is 16.4. The highest BCUT2D eigenvalue weighted by Crippen LogP contribution is 2.26. The van der Waals surface area contributed by atoms with E-state index in [4.69, 9.17) is 14.0 Å². The standard InChI is InChI=1S/C43H85NO11S/c1-3-5-7-9-11-13-14-15-16-17-18-19-20-21-22-23-25-27-29-31-33-39(47)44-36(37(46)32-30-28-26-24-12-10-8-6-4-2)35-53-43-41(49)42(55-56(50,51)52)40(48)38(34-45)54-43/h36-38,40-43,45-46,48-49H,3-35H2,1-2H3,(H,44,47)(H,50,51,52). The second kappa shape index (κ2) is 34.9. The van der Waals surface area contributed by atoms with Crippen molar-refractivity contribution in [2.75, 3.05) is 13.2 Å². The Hall–Kier alpha value is -0.900. The first-order valence-corrected chi connectivity index (χ1v) is 24.3. The van der Waals surface area contributed by atoms with E-state index in [1.54, 1.807) is 0 Å². The lowest BCUT2D eigenvalue weighted by Gasteiger charge is -2.41. The van der Waals surface area contributed by atoms with E-state index in [-0.39, 0.29) is 12.5 Å². The summed E-state index contributed by atoms with van der Waals surface area (Å²) < 4.78 is 47.5. The van der Waals surface area contributed by atoms with Crippen LogP contribution >= 0.6 is 0 Å². The summed E-state index contributed by atoms with van der Waals surface area (Å²) >= 11 is 0. The van der Waals surface area contributed by atoms with Crippen molar-refractivity contribution in [3.8, 4) is 0 Å². The highest BCUT2D eigenvalue weighted by molar-refractivity contribution is 7.80. The molecule has 0 aromatic rings. The summed E-state index contributed by atoms with van der Waals surface area (Å²) in [5.41, 5.74) is 0. The number of aliphatic hydroxyl groups is 4. The van der Waals surface area contributed by atoms with Crippen LogP contribution in [0.25, 0.3) is 0 Å². The van der Waals surface area contributed by atoms with Gasteiger partial charge in [0, 0.05) is 6.42 Å². The Morgan fingerprint density at radius 2 is 1.04 bits per heavy atom. The maximum absolute atomic E-state index is 13.0. The molecule has 1 saturated heterocycles. The molecule has 334 valence electrons. The fraction of sp³-hybridized carbons (Fsp3) is 0.977. The lowest BCUT2D eigenvalue weighted by molar-refractivity contribution is -0.298. The van der Waals surface area contributed by atoms with Gasteiger partial charge in [-0.25, -0.2) is 4.18 Å². The summed E-state index contributed by atoms with van der Waals surface area (Å²) in [5, 5.41) is 44.7. The average Bonchev–Trinajstić information content (AvgIpc) is 3.16. The van der Waals surface area contributed by atoms with Crippen LogP contribution in [0.2, 0.25) is 0 Å². The van der Waals surface area contributed by atoms with Gasteiger partial charge in [-0.1, -0.05) is 194 Å². The largest absolute Gasteiger partial charge is 0.397 e. The van der Waals surface area contributed by atoms with Crippen molar-refractivity contribution in [3.63, 3.8) is 0 Å². The third-order valence-electron chi connectivity index (χ3n) is 11.2. The van der Waals surface area contributed by atoms with Crippen LogP contribution in [0.15, 0.2) is 0 Å². The van der Waals surface area contributed by atoms with E-state index in [1.165, 1.54) is 135 Å². The van der Waals surface area contributed by atoms with E-state index in [2.05, 4.69) is 23.3 Å². The van der Waals surface area contributed by atoms with E-state index in [9.17, 15) is 33.6 Å². The maximum atomic E-state index is 13.0. The van der Waals surface area contributed by atoms with Gasteiger partial charge in [0.25, 0.3) is 0 Å². The molecule has 1 amide bonds. The number of ether oxygens (including phenoxy) is 2. The molecule has 0 radical (unpaired) electrons. The molecule has 1 rings (SSSR count). The van der Waals surface area contributed by atoms with Gasteiger partial charge < -0.3 is 35.2 Å². The van der Waals surface area contributed by atoms with Gasteiger partial charge >= 0.3 is 10.4 Å². The first kappa shape index (κ1) is 53.1. The second-order valence-corrected chi connectivity index (χ2v) is 17.4. The van der Waals surface area contributed by atoms with Crippen LogP contribution in [0.3, 0.4) is 0 Å². The van der Waals surface area contributed by atoms with Gasteiger partial charge in [-0.05, 0) is 12.8 Å². The van der Waals surface area contributed by atoms with Crippen LogP contribution in [-0.4, -0.2) is 95.4 Å². The van der Waals surface area contributed by atoms with Crippen LogP contribution in [0.5, 0.6) is 0 Å². The molecule has 12 nitrogen and oxygen atoms in total. The van der Waals surface area contributed by atoms with Crippen LogP contribution in [0.1, 0.15) is 213 Å². The minimum Gasteiger partial charge on any atom is -0.394 e. The van der Waals surface area contributed by atoms with Gasteiger partial charge in [-0.2, -0.15) is 8.42 Å². The van der Waals surface area contributed by atoms with Crippen molar-refractivity contribution < 1.29 is 51.8 Å². The van der Waals surface area contributed by atoms with E-state index in [0.29, 0.717) is 12.8 Å². The van der Waals surface area contributed by atoms with Crippen molar-refractivity contribution in [1.82, 2.24) is 5.32 Å². The molecule has 0 aromatic carbocycles. The molecule has 6 N–H and O–H groups in total. The van der Waals surface area contributed by atoms with E-state index >= 15 is 0 Å². The summed E-state index contributed by atoms with van der Waals surface area (Å²) in [6.07, 6.45) is 26.9. The van der Waals surface area contributed by atoms with Crippen molar-refractivity contribution in [2.24, 2.45) is 0 Å². The van der Waals surface area contributed by atoms with Crippen molar-refractivity contribution in [1.29, 1.82) is 0 Å². The monoisotopic (exact) mass is 824 g/mol. The van der Waals surface area contributed by atoms with Gasteiger partial charge in [-0.15, -0.1) is 0 Å². The van der Waals surface area contributed by atoms with E-state index in [0.717, 1.165) is 51.4 Å². The summed E-state index contributed by atoms with van der Waals surface area (Å²) in [4.78, 5) is 13.0. The molecule has 7 unspecified atom stereocenters. The molecule has 7 atom stereocenters. The molecule has 56 heavy (non-hydrogen) atoms. The van der Waals surface area contributed by atoms with Crippen molar-refractivity contribution in [2.45, 2.75) is 256 Å². The lowest BCUT2D eigenvalue weighted by atomic mass is 9.99. The zero-order chi connectivity index (χ0) is 41.3. The molecule has 1 aliphatic heterocycles. The Morgan fingerprint density at radius 3 is 1.43 bits per heavy atom. The quantitative estimate of drug-likeness (QED) is 0.0257. The van der Waals surface area contributed by atoms with Gasteiger partial charge in [-0.3, -0.25) is 9.35 Å². The smallest absolute Gasteiger partial charge is 0.394 e. The molecular formula is C43H85NO11S. The molecule has 0 bridgehead atoms. The number of unbranched alkanes of at least 4 members (excludes halogenated alkanes) is 27. The number of nitrogens with one attached hydrogen (secondary N) is 1. The first-order chi connectivity index (χ1) is 27.0. The molecular weight excluding hydrogens is 739 g/mol. The normalized spacial score (nSPS) is 21.3. The number of carbonyl (C=O) groups excluding carboxylic acids is 1. The Kier molecular flexibility index (Phi) is 33.1. The summed E-state index contributed by atoms with van der Waals surface area (Å²) in [6, 6.07) is -0.849. The SMILES string of the molecule is CCCCCCCCCCCCCCCCCCCCCCC(=O)NC(COC1OC(CO)C(O)C(OS(=O)(=O)O)C1O)C(O)CCCCCCCCCCC. The van der Waals surface area contributed by atoms with Gasteiger partial charge in [0.05, 0.1) is 25.4 Å². The zero-order valence-corrected chi connectivity index (χ0v) is 36.3. The molecule has 0 aliphatic carbocycles. The molecule has 1 fully saturated rings. The van der Waals surface area contributed by atoms with E-state index in [1.807, 2.05) is 0 Å². The molecule has 1 heterocycles. The summed E-state index contributed by atoms with van der Waals surface area (Å²) in [6.45, 7) is 3.42. The van der Waals surface area contributed by atoms with Crippen molar-refractivity contribution >= 4 is 16.3 Å². The fourth-order valence-corrected chi connectivity index (χ4v) is 8.09. The van der Waals surface area contributed by atoms with Gasteiger partial charge in [0.15, 0.2) is 6.29 Å². The van der Waals surface area contributed by atoms with Gasteiger partial charge in [0.1, 0.15) is 24.4 Å². The minimum absolute atomic E-state index is 0.228. The van der Waals surface area contributed by atoms with Crippen molar-refractivity contribution in [3.05, 3.63) is 0 Å².